The second-order valence-corrected chi connectivity index (χ2v) is 6.31. The number of nitrogens with two attached hydrogens (primary N) is 1. The van der Waals surface area contributed by atoms with E-state index < -0.39 is 6.10 Å². The molecule has 1 unspecified atom stereocenters. The van der Waals surface area contributed by atoms with Crippen LogP contribution in [0.1, 0.15) is 38.3 Å². The van der Waals surface area contributed by atoms with Gasteiger partial charge in [-0.2, -0.15) is 0 Å². The molecule has 0 aliphatic heterocycles. The van der Waals surface area contributed by atoms with Gasteiger partial charge in [0.25, 0.3) is 0 Å². The van der Waals surface area contributed by atoms with Gasteiger partial charge in [-0.3, -0.25) is 9.59 Å². The lowest BCUT2D eigenvalue weighted by molar-refractivity contribution is 0.0979. The lowest BCUT2D eigenvalue weighted by Gasteiger charge is -2.21. The van der Waals surface area contributed by atoms with Crippen LogP contribution in [-0.2, 0) is 0 Å². The lowest BCUT2D eigenvalue weighted by atomic mass is 9.83. The molecule has 0 fully saturated rings. The maximum absolute atomic E-state index is 12.9. The third-order valence-corrected chi connectivity index (χ3v) is 4.42. The Morgan fingerprint density at radius 3 is 2.21 bits per heavy atom. The molecule has 0 aromatic heterocycles. The molecule has 28 heavy (non-hydrogen) atoms. The fourth-order valence-electron chi connectivity index (χ4n) is 3.09. The maximum atomic E-state index is 12.9. The number of nitrogens with one attached hydrogen (secondary N) is 2. The van der Waals surface area contributed by atoms with E-state index in [0.717, 1.165) is 13.0 Å². The zero-order chi connectivity index (χ0) is 18.5. The number of aliphatic hydroxyl groups is 1. The summed E-state index contributed by atoms with van der Waals surface area (Å²) in [5, 5.41) is 16.3. The Morgan fingerprint density at radius 2 is 1.54 bits per heavy atom. The van der Waals surface area contributed by atoms with Gasteiger partial charge < -0.3 is 21.5 Å². The summed E-state index contributed by atoms with van der Waals surface area (Å²) in [4.78, 5) is 25.6. The molecule has 0 bridgehead atoms. The Morgan fingerprint density at radius 1 is 0.893 bits per heavy atom. The molecular weight excluding hydrogens is 401 g/mol. The Hall–Kier alpha value is -1.96. The molecule has 2 aromatic carbocycles. The Bertz CT molecular complexity index is 830. The molecule has 1 atom stereocenters. The molecule has 8 heteroatoms. The van der Waals surface area contributed by atoms with Gasteiger partial charge in [-0.05, 0) is 25.6 Å². The molecule has 152 valence electrons. The van der Waals surface area contributed by atoms with Crippen LogP contribution in [0.25, 0.3) is 0 Å². The van der Waals surface area contributed by atoms with Crippen molar-refractivity contribution in [2.45, 2.75) is 12.5 Å². The molecule has 2 aromatic rings. The van der Waals surface area contributed by atoms with Crippen LogP contribution in [0, 0.1) is 0 Å². The number of benzene rings is 2. The summed E-state index contributed by atoms with van der Waals surface area (Å²) >= 11 is 0. The average Bonchev–Trinajstić information content (AvgIpc) is 2.67. The molecular formula is C20H25Cl2N3O3. The number of carbonyl (C=O) groups excluding carboxylic acids is 2. The number of halogens is 2. The van der Waals surface area contributed by atoms with E-state index in [1.807, 2.05) is 0 Å². The summed E-state index contributed by atoms with van der Waals surface area (Å²) in [6.45, 7) is 2.06. The van der Waals surface area contributed by atoms with E-state index in [-0.39, 0.29) is 42.9 Å². The molecule has 3 rings (SSSR count). The van der Waals surface area contributed by atoms with Crippen LogP contribution in [0.2, 0.25) is 0 Å². The second-order valence-electron chi connectivity index (χ2n) is 6.31. The number of aliphatic hydroxyl groups excluding tert-OH is 1. The van der Waals surface area contributed by atoms with Gasteiger partial charge >= 0.3 is 0 Å². The Kier molecular flexibility index (Phi) is 9.58. The van der Waals surface area contributed by atoms with Gasteiger partial charge in [-0.1, -0.05) is 36.4 Å². The van der Waals surface area contributed by atoms with Crippen LogP contribution >= 0.6 is 24.8 Å². The summed E-state index contributed by atoms with van der Waals surface area (Å²) in [5.41, 5.74) is 7.62. The highest BCUT2D eigenvalue weighted by Crippen LogP contribution is 2.31. The Balaban J connectivity index is 0.00000196. The summed E-state index contributed by atoms with van der Waals surface area (Å²) < 4.78 is 0. The standard InChI is InChI=1S/C20H23N3O3.2ClH/c21-9-4-10-22-11-13(24)12-23-17-8-3-7-16-18(17)20(26)15-6-2-1-5-14(15)19(16)25;;/h1-3,5-8,13,22-24H,4,9-12,21H2;2*1H. The molecule has 0 heterocycles. The first kappa shape index (κ1) is 24.1. The monoisotopic (exact) mass is 425 g/mol. The molecule has 1 aliphatic rings. The van der Waals surface area contributed by atoms with Crippen LogP contribution in [-0.4, -0.2) is 49.0 Å². The molecule has 0 saturated carbocycles. The lowest BCUT2D eigenvalue weighted by Crippen LogP contribution is -2.33. The minimum absolute atomic E-state index is 0. The van der Waals surface area contributed by atoms with Crippen molar-refractivity contribution in [3.63, 3.8) is 0 Å². The molecule has 0 saturated heterocycles. The first-order valence-electron chi connectivity index (χ1n) is 8.77. The van der Waals surface area contributed by atoms with Gasteiger partial charge in [-0.15, -0.1) is 24.8 Å². The van der Waals surface area contributed by atoms with Crippen molar-refractivity contribution in [3.8, 4) is 0 Å². The van der Waals surface area contributed by atoms with E-state index in [9.17, 15) is 14.7 Å². The second kappa shape index (κ2) is 11.1. The van der Waals surface area contributed by atoms with E-state index in [0.29, 0.717) is 41.0 Å². The minimum Gasteiger partial charge on any atom is -0.390 e. The highest BCUT2D eigenvalue weighted by Gasteiger charge is 2.31. The zero-order valence-corrected chi connectivity index (χ0v) is 16.9. The predicted molar refractivity (Wildman–Crippen MR) is 115 cm³/mol. The van der Waals surface area contributed by atoms with Gasteiger partial charge in [0.2, 0.25) is 0 Å². The van der Waals surface area contributed by atoms with Crippen molar-refractivity contribution < 1.29 is 14.7 Å². The van der Waals surface area contributed by atoms with E-state index in [4.69, 9.17) is 5.73 Å². The van der Waals surface area contributed by atoms with Crippen molar-refractivity contribution in [1.82, 2.24) is 5.32 Å². The summed E-state index contributed by atoms with van der Waals surface area (Å²) in [5.74, 6) is -0.322. The van der Waals surface area contributed by atoms with Crippen LogP contribution < -0.4 is 16.4 Å². The van der Waals surface area contributed by atoms with Crippen molar-refractivity contribution >= 4 is 42.1 Å². The van der Waals surface area contributed by atoms with Gasteiger partial charge in [0, 0.05) is 35.5 Å². The molecule has 0 radical (unpaired) electrons. The van der Waals surface area contributed by atoms with Crippen molar-refractivity contribution in [2.24, 2.45) is 5.73 Å². The number of hydrogen-bond donors (Lipinski definition) is 4. The van der Waals surface area contributed by atoms with Crippen LogP contribution in [0.4, 0.5) is 5.69 Å². The van der Waals surface area contributed by atoms with Gasteiger partial charge in [0.05, 0.1) is 11.7 Å². The molecule has 1 aliphatic carbocycles. The number of rotatable bonds is 8. The quantitative estimate of drug-likeness (QED) is 0.411. The summed E-state index contributed by atoms with van der Waals surface area (Å²) in [6, 6.07) is 12.0. The highest BCUT2D eigenvalue weighted by molar-refractivity contribution is 6.30. The SMILES string of the molecule is Cl.Cl.NCCCNCC(O)CNc1cccc2c1C(=O)c1ccccc1C2=O. The number of anilines is 1. The average molecular weight is 426 g/mol. The van der Waals surface area contributed by atoms with Crippen molar-refractivity contribution in [3.05, 3.63) is 64.7 Å². The zero-order valence-electron chi connectivity index (χ0n) is 15.3. The third-order valence-electron chi connectivity index (χ3n) is 4.42. The molecule has 0 spiro atoms. The Labute approximate surface area is 176 Å². The van der Waals surface area contributed by atoms with E-state index in [1.165, 1.54) is 0 Å². The fraction of sp³-hybridized carbons (Fsp3) is 0.300. The van der Waals surface area contributed by atoms with Crippen molar-refractivity contribution in [2.75, 3.05) is 31.5 Å². The topological polar surface area (TPSA) is 104 Å². The first-order chi connectivity index (χ1) is 12.6. The van der Waals surface area contributed by atoms with Gasteiger partial charge in [0.1, 0.15) is 0 Å². The smallest absolute Gasteiger partial charge is 0.196 e. The normalized spacial score (nSPS) is 12.9. The number of fused-ring (bicyclic) bond motifs is 2. The fourth-order valence-corrected chi connectivity index (χ4v) is 3.09. The number of ketones is 2. The van der Waals surface area contributed by atoms with Crippen LogP contribution in [0.3, 0.4) is 0 Å². The minimum atomic E-state index is -0.620. The van der Waals surface area contributed by atoms with E-state index in [2.05, 4.69) is 10.6 Å². The van der Waals surface area contributed by atoms with Crippen LogP contribution in [0.15, 0.2) is 42.5 Å². The van der Waals surface area contributed by atoms with E-state index >= 15 is 0 Å². The van der Waals surface area contributed by atoms with E-state index in [1.54, 1.807) is 42.5 Å². The van der Waals surface area contributed by atoms with Crippen molar-refractivity contribution in [1.29, 1.82) is 0 Å². The largest absolute Gasteiger partial charge is 0.390 e. The predicted octanol–water partition coefficient (Wildman–Crippen LogP) is 2.02. The number of carbonyl (C=O) groups is 2. The molecule has 6 nitrogen and oxygen atoms in total. The summed E-state index contributed by atoms with van der Waals surface area (Å²) in [7, 11) is 0. The molecule has 5 N–H and O–H groups in total. The van der Waals surface area contributed by atoms with Gasteiger partial charge in [-0.25, -0.2) is 0 Å². The highest BCUT2D eigenvalue weighted by atomic mass is 35.5. The first-order valence-corrected chi connectivity index (χ1v) is 8.77. The third kappa shape index (κ3) is 5.10. The number of hydrogen-bond acceptors (Lipinski definition) is 6. The molecule has 0 amide bonds. The maximum Gasteiger partial charge on any atom is 0.196 e. The summed E-state index contributed by atoms with van der Waals surface area (Å²) in [6.07, 6.45) is 0.229. The van der Waals surface area contributed by atoms with Gasteiger partial charge in [0.15, 0.2) is 11.6 Å². The van der Waals surface area contributed by atoms with Crippen LogP contribution in [0.5, 0.6) is 0 Å².